The van der Waals surface area contributed by atoms with Gasteiger partial charge in [0, 0.05) is 25.4 Å². The van der Waals surface area contributed by atoms with Crippen LogP contribution in [0.2, 0.25) is 0 Å². The van der Waals surface area contributed by atoms with Gasteiger partial charge in [-0.25, -0.2) is 8.78 Å². The first-order valence-electron chi connectivity index (χ1n) is 5.25. The number of halogens is 2. The van der Waals surface area contributed by atoms with Crippen LogP contribution in [0.1, 0.15) is 5.56 Å². The zero-order valence-electron chi connectivity index (χ0n) is 9.67. The first-order valence-corrected chi connectivity index (χ1v) is 5.25. The van der Waals surface area contributed by atoms with Crippen molar-refractivity contribution >= 4 is 0 Å². The number of hydrogen-bond acceptors (Lipinski definition) is 2. The van der Waals surface area contributed by atoms with Crippen LogP contribution in [0, 0.1) is 11.6 Å². The van der Waals surface area contributed by atoms with Gasteiger partial charge >= 0.3 is 0 Å². The zero-order chi connectivity index (χ0) is 12.4. The van der Waals surface area contributed by atoms with Crippen LogP contribution < -0.4 is 5.32 Å². The van der Waals surface area contributed by atoms with E-state index in [0.29, 0.717) is 12.2 Å². The van der Waals surface area contributed by atoms with Crippen molar-refractivity contribution in [3.8, 4) is 11.3 Å². The smallest absolute Gasteiger partial charge is 0.135 e. The summed E-state index contributed by atoms with van der Waals surface area (Å²) in [4.78, 5) is 0. The molecule has 0 amide bonds. The third-order valence-electron chi connectivity index (χ3n) is 2.47. The number of rotatable bonds is 3. The van der Waals surface area contributed by atoms with E-state index in [9.17, 15) is 8.78 Å². The molecule has 0 aliphatic rings. The summed E-state index contributed by atoms with van der Waals surface area (Å²) in [6, 6.07) is 3.81. The lowest BCUT2D eigenvalue weighted by molar-refractivity contribution is 0.587. The molecule has 0 aliphatic heterocycles. The molecule has 5 heteroatoms. The molecule has 2 aromatic rings. The Labute approximate surface area is 98.1 Å². The molecule has 0 spiro atoms. The highest BCUT2D eigenvalue weighted by molar-refractivity contribution is 5.64. The van der Waals surface area contributed by atoms with Crippen LogP contribution in [0.25, 0.3) is 11.3 Å². The Bertz CT molecular complexity index is 514. The van der Waals surface area contributed by atoms with Gasteiger partial charge in [0.2, 0.25) is 0 Å². The molecule has 3 nitrogen and oxygen atoms in total. The largest absolute Gasteiger partial charge is 0.316 e. The summed E-state index contributed by atoms with van der Waals surface area (Å²) in [5.41, 5.74) is 1.04. The van der Waals surface area contributed by atoms with Crippen LogP contribution in [0.3, 0.4) is 0 Å². The second-order valence-corrected chi connectivity index (χ2v) is 3.80. The molecule has 0 atom stereocenters. The van der Waals surface area contributed by atoms with E-state index in [-0.39, 0.29) is 5.56 Å². The summed E-state index contributed by atoms with van der Waals surface area (Å²) in [7, 11) is 3.50. The average molecular weight is 237 g/mol. The summed E-state index contributed by atoms with van der Waals surface area (Å²) < 4.78 is 28.9. The van der Waals surface area contributed by atoms with Crippen LogP contribution >= 0.6 is 0 Å². The van der Waals surface area contributed by atoms with E-state index in [2.05, 4.69) is 10.4 Å². The van der Waals surface area contributed by atoms with Gasteiger partial charge in [0.05, 0.1) is 5.56 Å². The molecule has 17 heavy (non-hydrogen) atoms. The highest BCUT2D eigenvalue weighted by Gasteiger charge is 2.17. The molecular weight excluding hydrogens is 224 g/mol. The van der Waals surface area contributed by atoms with E-state index in [0.717, 1.165) is 5.56 Å². The summed E-state index contributed by atoms with van der Waals surface area (Å²) in [5, 5.41) is 7.07. The highest BCUT2D eigenvalue weighted by atomic mass is 19.1. The molecule has 0 saturated heterocycles. The van der Waals surface area contributed by atoms with E-state index in [4.69, 9.17) is 0 Å². The first-order chi connectivity index (χ1) is 8.13. The summed E-state index contributed by atoms with van der Waals surface area (Å²) in [5.74, 6) is -1.19. The molecule has 1 heterocycles. The molecule has 0 aliphatic carbocycles. The van der Waals surface area contributed by atoms with Gasteiger partial charge in [-0.15, -0.1) is 0 Å². The van der Waals surface area contributed by atoms with E-state index in [1.165, 1.54) is 18.2 Å². The zero-order valence-corrected chi connectivity index (χ0v) is 9.67. The van der Waals surface area contributed by atoms with Crippen molar-refractivity contribution in [1.82, 2.24) is 15.1 Å². The minimum Gasteiger partial charge on any atom is -0.316 e. The topological polar surface area (TPSA) is 29.9 Å². The van der Waals surface area contributed by atoms with Crippen LogP contribution in [0.4, 0.5) is 8.78 Å². The molecule has 0 saturated carbocycles. The fourth-order valence-corrected chi connectivity index (χ4v) is 1.79. The summed E-state index contributed by atoms with van der Waals surface area (Å²) in [6.07, 6.45) is 1.75. The highest BCUT2D eigenvalue weighted by Crippen LogP contribution is 2.27. The maximum atomic E-state index is 13.7. The number of aryl methyl sites for hydroxylation is 1. The molecule has 1 N–H and O–H groups in total. The maximum Gasteiger partial charge on any atom is 0.135 e. The SMILES string of the molecule is CNCc1cn(C)nc1-c1c(F)cccc1F. The second-order valence-electron chi connectivity index (χ2n) is 3.80. The van der Waals surface area contributed by atoms with Crippen molar-refractivity contribution in [2.24, 2.45) is 7.05 Å². The van der Waals surface area contributed by atoms with Gasteiger partial charge in [-0.3, -0.25) is 4.68 Å². The van der Waals surface area contributed by atoms with Crippen molar-refractivity contribution < 1.29 is 8.78 Å². The van der Waals surface area contributed by atoms with Gasteiger partial charge in [-0.2, -0.15) is 5.10 Å². The molecule has 0 bridgehead atoms. The Morgan fingerprint density at radius 3 is 2.53 bits per heavy atom. The van der Waals surface area contributed by atoms with Gasteiger partial charge < -0.3 is 5.32 Å². The van der Waals surface area contributed by atoms with Gasteiger partial charge in [0.15, 0.2) is 0 Å². The Hall–Kier alpha value is -1.75. The minimum absolute atomic E-state index is 0.0710. The Kier molecular flexibility index (Phi) is 3.19. The minimum atomic E-state index is -0.596. The van der Waals surface area contributed by atoms with Crippen molar-refractivity contribution in [3.05, 3.63) is 41.6 Å². The standard InChI is InChI=1S/C12H13F2N3/c1-15-6-8-7-17(2)16-12(8)11-9(13)4-3-5-10(11)14/h3-5,7,15H,6H2,1-2H3. The van der Waals surface area contributed by atoms with Crippen molar-refractivity contribution in [1.29, 1.82) is 0 Å². The fraction of sp³-hybridized carbons (Fsp3) is 0.250. The van der Waals surface area contributed by atoms with Gasteiger partial charge in [-0.05, 0) is 19.2 Å². The molecular formula is C12H13F2N3. The molecule has 0 unspecified atom stereocenters. The molecule has 1 aromatic heterocycles. The third-order valence-corrected chi connectivity index (χ3v) is 2.47. The van der Waals surface area contributed by atoms with Crippen LogP contribution in [-0.2, 0) is 13.6 Å². The predicted octanol–water partition coefficient (Wildman–Crippen LogP) is 2.08. The van der Waals surface area contributed by atoms with Crippen LogP contribution in [0.15, 0.2) is 24.4 Å². The first kappa shape index (κ1) is 11.7. The number of benzene rings is 1. The quantitative estimate of drug-likeness (QED) is 0.885. The van der Waals surface area contributed by atoms with E-state index >= 15 is 0 Å². The van der Waals surface area contributed by atoms with Crippen molar-refractivity contribution in [3.63, 3.8) is 0 Å². The second kappa shape index (κ2) is 4.63. The average Bonchev–Trinajstić information content (AvgIpc) is 2.60. The molecule has 2 rings (SSSR count). The fourth-order valence-electron chi connectivity index (χ4n) is 1.79. The lowest BCUT2D eigenvalue weighted by Gasteiger charge is -2.04. The van der Waals surface area contributed by atoms with Gasteiger partial charge in [0.1, 0.15) is 17.3 Å². The Morgan fingerprint density at radius 1 is 1.29 bits per heavy atom. The Balaban J connectivity index is 2.59. The van der Waals surface area contributed by atoms with E-state index in [1.807, 2.05) is 0 Å². The molecule has 0 fully saturated rings. The number of aromatic nitrogens is 2. The van der Waals surface area contributed by atoms with E-state index < -0.39 is 11.6 Å². The van der Waals surface area contributed by atoms with E-state index in [1.54, 1.807) is 25.0 Å². The van der Waals surface area contributed by atoms with Gasteiger partial charge in [-0.1, -0.05) is 6.07 Å². The van der Waals surface area contributed by atoms with Crippen molar-refractivity contribution in [2.75, 3.05) is 7.05 Å². The van der Waals surface area contributed by atoms with Gasteiger partial charge in [0.25, 0.3) is 0 Å². The molecule has 90 valence electrons. The Morgan fingerprint density at radius 2 is 1.94 bits per heavy atom. The number of hydrogen-bond donors (Lipinski definition) is 1. The molecule has 1 aromatic carbocycles. The maximum absolute atomic E-state index is 13.7. The molecule has 0 radical (unpaired) electrons. The van der Waals surface area contributed by atoms with Crippen LogP contribution in [0.5, 0.6) is 0 Å². The lowest BCUT2D eigenvalue weighted by Crippen LogP contribution is -2.06. The van der Waals surface area contributed by atoms with Crippen LogP contribution in [-0.4, -0.2) is 16.8 Å². The van der Waals surface area contributed by atoms with Crippen molar-refractivity contribution in [2.45, 2.75) is 6.54 Å². The summed E-state index contributed by atoms with van der Waals surface area (Å²) >= 11 is 0. The summed E-state index contributed by atoms with van der Waals surface area (Å²) in [6.45, 7) is 0.511. The lowest BCUT2D eigenvalue weighted by atomic mass is 10.1. The normalized spacial score (nSPS) is 10.8. The number of nitrogens with one attached hydrogen (secondary N) is 1. The number of nitrogens with zero attached hydrogens (tertiary/aromatic N) is 2. The third kappa shape index (κ3) is 2.19. The monoisotopic (exact) mass is 237 g/mol. The predicted molar refractivity (Wildman–Crippen MR) is 61.3 cm³/mol.